The fraction of sp³-hybridized carbons (Fsp3) is 0. The molecule has 0 aromatic heterocycles. The second-order valence-corrected chi connectivity index (χ2v) is 2.89. The Labute approximate surface area is 83.0 Å². The summed E-state index contributed by atoms with van der Waals surface area (Å²) in [6.07, 6.45) is 0. The molecule has 76 valence electrons. The van der Waals surface area contributed by atoms with E-state index < -0.39 is 0 Å². The standard InChI is InChI=1S/C9H7N3O3/c13-10-7-5-3-1-2-4-6(5)8(11-14)9(7)12-15/h1-4,13-15H/b10-7-,11-8-. The average molecular weight is 205 g/mol. The zero-order chi connectivity index (χ0) is 10.8. The van der Waals surface area contributed by atoms with Gasteiger partial charge in [0.05, 0.1) is 0 Å². The van der Waals surface area contributed by atoms with Crippen LogP contribution in [0.3, 0.4) is 0 Å². The first-order chi connectivity index (χ1) is 7.33. The molecule has 0 saturated heterocycles. The highest BCUT2D eigenvalue weighted by Gasteiger charge is 2.07. The van der Waals surface area contributed by atoms with Gasteiger partial charge in [0.1, 0.15) is 10.7 Å². The van der Waals surface area contributed by atoms with Gasteiger partial charge in [0.2, 0.25) is 0 Å². The van der Waals surface area contributed by atoms with Crippen molar-refractivity contribution >= 4 is 10.8 Å². The summed E-state index contributed by atoms with van der Waals surface area (Å²) >= 11 is 0. The smallest absolute Gasteiger partial charge is 0.161 e. The second kappa shape index (κ2) is 3.41. The maximum Gasteiger partial charge on any atom is 0.161 e. The molecule has 2 rings (SSSR count). The first-order valence-electron chi connectivity index (χ1n) is 4.10. The molecule has 3 N–H and O–H groups in total. The summed E-state index contributed by atoms with van der Waals surface area (Å²) in [7, 11) is 0. The lowest BCUT2D eigenvalue weighted by Crippen LogP contribution is -2.33. The predicted octanol–water partition coefficient (Wildman–Crippen LogP) is -0.415. The van der Waals surface area contributed by atoms with Crippen LogP contribution in [0.4, 0.5) is 0 Å². The van der Waals surface area contributed by atoms with Crippen LogP contribution in [0.15, 0.2) is 39.7 Å². The van der Waals surface area contributed by atoms with E-state index in [1.165, 1.54) is 0 Å². The Kier molecular flexibility index (Phi) is 2.09. The molecular weight excluding hydrogens is 198 g/mol. The third-order valence-electron chi connectivity index (χ3n) is 2.19. The van der Waals surface area contributed by atoms with Gasteiger partial charge in [-0.3, -0.25) is 0 Å². The predicted molar refractivity (Wildman–Crippen MR) is 48.4 cm³/mol. The zero-order valence-corrected chi connectivity index (χ0v) is 7.49. The Hall–Kier alpha value is -2.37. The van der Waals surface area contributed by atoms with Crippen molar-refractivity contribution in [3.05, 3.63) is 40.3 Å². The zero-order valence-electron chi connectivity index (χ0n) is 7.49. The van der Waals surface area contributed by atoms with Crippen molar-refractivity contribution in [2.45, 2.75) is 0 Å². The van der Waals surface area contributed by atoms with E-state index >= 15 is 0 Å². The molecule has 15 heavy (non-hydrogen) atoms. The van der Waals surface area contributed by atoms with Gasteiger partial charge >= 0.3 is 0 Å². The quantitative estimate of drug-likeness (QED) is 0.402. The van der Waals surface area contributed by atoms with E-state index in [0.717, 1.165) is 0 Å². The van der Waals surface area contributed by atoms with E-state index in [1.54, 1.807) is 24.3 Å². The van der Waals surface area contributed by atoms with Crippen LogP contribution in [0.5, 0.6) is 0 Å². The van der Waals surface area contributed by atoms with E-state index in [1.807, 2.05) is 0 Å². The Balaban J connectivity index is 3.27. The summed E-state index contributed by atoms with van der Waals surface area (Å²) in [5.74, 6) is 0. The van der Waals surface area contributed by atoms with Crippen LogP contribution in [-0.2, 0) is 0 Å². The maximum absolute atomic E-state index is 8.79. The summed E-state index contributed by atoms with van der Waals surface area (Å²) in [5.41, 5.74) is 0. The van der Waals surface area contributed by atoms with E-state index in [9.17, 15) is 0 Å². The Morgan fingerprint density at radius 2 is 1.07 bits per heavy atom. The van der Waals surface area contributed by atoms with Crippen LogP contribution in [0.2, 0.25) is 0 Å². The lowest BCUT2D eigenvalue weighted by molar-refractivity contribution is 0.280. The highest BCUT2D eigenvalue weighted by atomic mass is 16.4. The van der Waals surface area contributed by atoms with Gasteiger partial charge < -0.3 is 15.6 Å². The molecule has 0 unspecified atom stereocenters. The summed E-state index contributed by atoms with van der Waals surface area (Å²) in [6.45, 7) is 0. The largest absolute Gasteiger partial charge is 0.410 e. The summed E-state index contributed by atoms with van der Waals surface area (Å²) in [4.78, 5) is 0. The average Bonchev–Trinajstić information content (AvgIpc) is 2.61. The van der Waals surface area contributed by atoms with Gasteiger partial charge in [-0.2, -0.15) is 0 Å². The molecule has 0 aliphatic heterocycles. The number of hydrogen-bond donors (Lipinski definition) is 3. The van der Waals surface area contributed by atoms with Crippen LogP contribution < -0.4 is 16.1 Å². The normalized spacial score (nSPS) is 13.6. The molecular formula is C9H7N3O3. The van der Waals surface area contributed by atoms with Crippen LogP contribution in [0.1, 0.15) is 0 Å². The minimum Gasteiger partial charge on any atom is -0.410 e. The molecule has 0 saturated carbocycles. The summed E-state index contributed by atoms with van der Waals surface area (Å²) in [5, 5.41) is 36.5. The monoisotopic (exact) mass is 205 g/mol. The fourth-order valence-electron chi connectivity index (χ4n) is 1.56. The number of nitrogens with zero attached hydrogens (tertiary/aromatic N) is 3. The molecule has 0 atom stereocenters. The Morgan fingerprint density at radius 1 is 0.667 bits per heavy atom. The van der Waals surface area contributed by atoms with Crippen molar-refractivity contribution in [2.75, 3.05) is 0 Å². The van der Waals surface area contributed by atoms with Crippen molar-refractivity contribution in [3.8, 4) is 0 Å². The molecule has 0 fully saturated rings. The molecule has 6 heteroatoms. The summed E-state index contributed by atoms with van der Waals surface area (Å²) in [6, 6.07) is 6.82. The molecule has 2 aromatic carbocycles. The van der Waals surface area contributed by atoms with Crippen LogP contribution in [0.25, 0.3) is 10.8 Å². The van der Waals surface area contributed by atoms with Crippen molar-refractivity contribution < 1.29 is 15.6 Å². The highest BCUT2D eigenvalue weighted by molar-refractivity contribution is 5.82. The van der Waals surface area contributed by atoms with Crippen LogP contribution >= 0.6 is 0 Å². The van der Waals surface area contributed by atoms with Crippen LogP contribution in [0, 0.1) is 0 Å². The fourth-order valence-corrected chi connectivity index (χ4v) is 1.56. The molecule has 6 nitrogen and oxygen atoms in total. The van der Waals surface area contributed by atoms with Crippen molar-refractivity contribution in [1.29, 1.82) is 0 Å². The topological polar surface area (TPSA) is 97.8 Å². The third kappa shape index (κ3) is 1.15. The van der Waals surface area contributed by atoms with E-state index in [-0.39, 0.29) is 16.1 Å². The van der Waals surface area contributed by atoms with Gasteiger partial charge in [-0.1, -0.05) is 39.7 Å². The second-order valence-electron chi connectivity index (χ2n) is 2.89. The van der Waals surface area contributed by atoms with E-state index in [2.05, 4.69) is 15.5 Å². The van der Waals surface area contributed by atoms with Gasteiger partial charge in [-0.15, -0.1) is 0 Å². The summed E-state index contributed by atoms with van der Waals surface area (Å²) < 4.78 is 0. The molecule has 0 radical (unpaired) electrons. The van der Waals surface area contributed by atoms with Gasteiger partial charge in [-0.25, -0.2) is 0 Å². The number of fused-ring (bicyclic) bond motifs is 1. The molecule has 0 heterocycles. The molecule has 0 bridgehead atoms. The van der Waals surface area contributed by atoms with Gasteiger partial charge in [0.25, 0.3) is 0 Å². The minimum atomic E-state index is -0.0544. The maximum atomic E-state index is 8.79. The third-order valence-corrected chi connectivity index (χ3v) is 2.19. The molecule has 0 aliphatic rings. The van der Waals surface area contributed by atoms with Crippen molar-refractivity contribution in [3.63, 3.8) is 0 Å². The van der Waals surface area contributed by atoms with Gasteiger partial charge in [-0.05, 0) is 0 Å². The molecule has 2 aromatic rings. The molecule has 0 spiro atoms. The van der Waals surface area contributed by atoms with E-state index in [0.29, 0.717) is 10.8 Å². The van der Waals surface area contributed by atoms with Crippen LogP contribution in [-0.4, -0.2) is 15.6 Å². The number of rotatable bonds is 0. The Bertz CT molecular complexity index is 612. The van der Waals surface area contributed by atoms with E-state index in [4.69, 9.17) is 15.6 Å². The highest BCUT2D eigenvalue weighted by Crippen LogP contribution is 2.02. The lowest BCUT2D eigenvalue weighted by Gasteiger charge is -1.84. The lowest BCUT2D eigenvalue weighted by atomic mass is 10.2. The van der Waals surface area contributed by atoms with Crippen molar-refractivity contribution in [1.82, 2.24) is 0 Å². The first kappa shape index (κ1) is 9.20. The Morgan fingerprint density at radius 3 is 1.40 bits per heavy atom. The van der Waals surface area contributed by atoms with Crippen molar-refractivity contribution in [2.24, 2.45) is 15.5 Å². The number of hydrogen-bond acceptors (Lipinski definition) is 6. The minimum absolute atomic E-state index is 0.0544. The SMILES string of the molecule is ON=c1/c(=N\O)c2ccccc2/c1=N/O. The van der Waals surface area contributed by atoms with Gasteiger partial charge in [0.15, 0.2) is 5.36 Å². The first-order valence-corrected chi connectivity index (χ1v) is 4.10. The molecule has 0 amide bonds. The van der Waals surface area contributed by atoms with Gasteiger partial charge in [0, 0.05) is 10.8 Å². The number of benzene rings is 1. The molecule has 0 aliphatic carbocycles.